The van der Waals surface area contributed by atoms with Gasteiger partial charge < -0.3 is 14.7 Å². The van der Waals surface area contributed by atoms with Gasteiger partial charge >= 0.3 is 5.97 Å². The van der Waals surface area contributed by atoms with Crippen LogP contribution in [0.2, 0.25) is 0 Å². The van der Waals surface area contributed by atoms with Gasteiger partial charge in [0.2, 0.25) is 0 Å². The number of hydrogen-bond acceptors (Lipinski definition) is 4. The van der Waals surface area contributed by atoms with Crippen molar-refractivity contribution in [1.82, 2.24) is 9.80 Å². The van der Waals surface area contributed by atoms with Gasteiger partial charge in [0.05, 0.1) is 19.1 Å². The molecule has 2 rings (SSSR count). The summed E-state index contributed by atoms with van der Waals surface area (Å²) in [4.78, 5) is 15.7. The monoisotopic (exact) mass is 256 g/mol. The second kappa shape index (κ2) is 6.50. The van der Waals surface area contributed by atoms with E-state index < -0.39 is 5.97 Å². The third-order valence-electron chi connectivity index (χ3n) is 4.15. The largest absolute Gasteiger partial charge is 0.481 e. The zero-order valence-electron chi connectivity index (χ0n) is 11.2. The number of carboxylic acid groups (broad SMARTS) is 1. The number of nitrogens with zero attached hydrogens (tertiary/aromatic N) is 2. The third-order valence-corrected chi connectivity index (χ3v) is 4.15. The summed E-state index contributed by atoms with van der Waals surface area (Å²) in [5, 5.41) is 9.13. The summed E-state index contributed by atoms with van der Waals surface area (Å²) in [6, 6.07) is 0.0345. The molecule has 2 atom stereocenters. The van der Waals surface area contributed by atoms with Crippen LogP contribution in [-0.4, -0.2) is 73.4 Å². The molecule has 2 aliphatic rings. The molecular formula is C13H24N2O3. The second-order valence-corrected chi connectivity index (χ2v) is 5.43. The van der Waals surface area contributed by atoms with Crippen LogP contribution in [0.25, 0.3) is 0 Å². The summed E-state index contributed by atoms with van der Waals surface area (Å²) < 4.78 is 5.31. The van der Waals surface area contributed by atoms with Crippen LogP contribution in [0.1, 0.15) is 19.3 Å². The van der Waals surface area contributed by atoms with Gasteiger partial charge in [0, 0.05) is 19.1 Å². The number of rotatable bonds is 5. The van der Waals surface area contributed by atoms with Crippen LogP contribution < -0.4 is 0 Å². The molecule has 2 aliphatic heterocycles. The maximum absolute atomic E-state index is 11.1. The van der Waals surface area contributed by atoms with Gasteiger partial charge in [-0.25, -0.2) is 0 Å². The zero-order chi connectivity index (χ0) is 13.0. The average molecular weight is 256 g/mol. The standard InChI is InChI=1S/C13H24N2O3/c1-14(7-8-15-5-3-2-4-6-15)12-10-18-9-11(12)13(16)17/h11-12H,2-10H2,1H3,(H,16,17). The lowest BCUT2D eigenvalue weighted by Crippen LogP contribution is -2.45. The average Bonchev–Trinajstić information content (AvgIpc) is 2.86. The van der Waals surface area contributed by atoms with Gasteiger partial charge in [0.1, 0.15) is 0 Å². The van der Waals surface area contributed by atoms with Gasteiger partial charge in [-0.1, -0.05) is 6.42 Å². The Morgan fingerprint density at radius 3 is 2.72 bits per heavy atom. The van der Waals surface area contributed by atoms with Gasteiger partial charge in [-0.3, -0.25) is 9.69 Å². The Kier molecular flexibility index (Phi) is 4.97. The van der Waals surface area contributed by atoms with Gasteiger partial charge in [-0.15, -0.1) is 0 Å². The molecule has 5 heteroatoms. The van der Waals surface area contributed by atoms with Crippen molar-refractivity contribution in [3.63, 3.8) is 0 Å². The van der Waals surface area contributed by atoms with Crippen LogP contribution in [0.5, 0.6) is 0 Å². The third kappa shape index (κ3) is 3.43. The summed E-state index contributed by atoms with van der Waals surface area (Å²) >= 11 is 0. The smallest absolute Gasteiger partial charge is 0.310 e. The van der Waals surface area contributed by atoms with Gasteiger partial charge in [-0.05, 0) is 33.0 Å². The van der Waals surface area contributed by atoms with E-state index in [1.165, 1.54) is 32.4 Å². The Bertz CT molecular complexity index is 279. The number of ether oxygens (including phenoxy) is 1. The van der Waals surface area contributed by atoms with Crippen LogP contribution in [-0.2, 0) is 9.53 Å². The molecule has 0 aromatic rings. The molecular weight excluding hydrogens is 232 g/mol. The van der Waals surface area contributed by atoms with E-state index in [1.54, 1.807) is 0 Å². The SMILES string of the molecule is CN(CCN1CCCCC1)C1COCC1C(=O)O. The molecule has 0 spiro atoms. The van der Waals surface area contributed by atoms with Crippen molar-refractivity contribution < 1.29 is 14.6 Å². The highest BCUT2D eigenvalue weighted by molar-refractivity contribution is 5.71. The Morgan fingerprint density at radius 2 is 2.06 bits per heavy atom. The van der Waals surface area contributed by atoms with E-state index in [1.807, 2.05) is 7.05 Å². The molecule has 0 saturated carbocycles. The topological polar surface area (TPSA) is 53.0 Å². The minimum atomic E-state index is -0.734. The first-order valence-electron chi connectivity index (χ1n) is 6.91. The maximum Gasteiger partial charge on any atom is 0.310 e. The van der Waals surface area contributed by atoms with Crippen LogP contribution >= 0.6 is 0 Å². The molecule has 2 saturated heterocycles. The molecule has 2 unspecified atom stereocenters. The highest BCUT2D eigenvalue weighted by atomic mass is 16.5. The van der Waals surface area contributed by atoms with E-state index in [0.717, 1.165) is 13.1 Å². The fourth-order valence-electron chi connectivity index (χ4n) is 2.86. The number of carboxylic acids is 1. The Labute approximate surface area is 109 Å². The Morgan fingerprint density at radius 1 is 1.33 bits per heavy atom. The molecule has 0 aromatic heterocycles. The second-order valence-electron chi connectivity index (χ2n) is 5.43. The van der Waals surface area contributed by atoms with Crippen molar-refractivity contribution in [2.75, 3.05) is 46.4 Å². The van der Waals surface area contributed by atoms with Crippen molar-refractivity contribution in [2.24, 2.45) is 5.92 Å². The molecule has 1 N–H and O–H groups in total. The normalized spacial score (nSPS) is 29.9. The highest BCUT2D eigenvalue weighted by Crippen LogP contribution is 2.19. The minimum absolute atomic E-state index is 0.0345. The molecule has 0 bridgehead atoms. The molecule has 2 heterocycles. The number of piperidine rings is 1. The Hall–Kier alpha value is -0.650. The molecule has 0 aliphatic carbocycles. The predicted molar refractivity (Wildman–Crippen MR) is 68.7 cm³/mol. The summed E-state index contributed by atoms with van der Waals surface area (Å²) in [6.45, 7) is 5.26. The van der Waals surface area contributed by atoms with Gasteiger partial charge in [0.15, 0.2) is 0 Å². The Balaban J connectivity index is 1.76. The fraction of sp³-hybridized carbons (Fsp3) is 0.923. The number of aliphatic carboxylic acids is 1. The lowest BCUT2D eigenvalue weighted by Gasteiger charge is -2.31. The van der Waals surface area contributed by atoms with E-state index in [2.05, 4.69) is 9.80 Å². The van der Waals surface area contributed by atoms with E-state index in [4.69, 9.17) is 9.84 Å². The van der Waals surface area contributed by atoms with Crippen LogP contribution in [0.15, 0.2) is 0 Å². The lowest BCUT2D eigenvalue weighted by atomic mass is 10.0. The van der Waals surface area contributed by atoms with Crippen LogP contribution in [0, 0.1) is 5.92 Å². The molecule has 2 fully saturated rings. The maximum atomic E-state index is 11.1. The van der Waals surface area contributed by atoms with Crippen molar-refractivity contribution in [3.05, 3.63) is 0 Å². The quantitative estimate of drug-likeness (QED) is 0.776. The number of carbonyl (C=O) groups is 1. The summed E-state index contributed by atoms with van der Waals surface area (Å²) in [6.07, 6.45) is 3.95. The van der Waals surface area contributed by atoms with Crippen molar-refractivity contribution in [2.45, 2.75) is 25.3 Å². The van der Waals surface area contributed by atoms with Crippen molar-refractivity contribution in [1.29, 1.82) is 0 Å². The van der Waals surface area contributed by atoms with Gasteiger partial charge in [0.25, 0.3) is 0 Å². The highest BCUT2D eigenvalue weighted by Gasteiger charge is 2.36. The lowest BCUT2D eigenvalue weighted by molar-refractivity contribution is -0.143. The van der Waals surface area contributed by atoms with Crippen LogP contribution in [0.3, 0.4) is 0 Å². The van der Waals surface area contributed by atoms with E-state index in [0.29, 0.717) is 13.2 Å². The molecule has 18 heavy (non-hydrogen) atoms. The summed E-state index contributed by atoms with van der Waals surface area (Å²) in [5.74, 6) is -1.10. The molecule has 0 amide bonds. The summed E-state index contributed by atoms with van der Waals surface area (Å²) in [7, 11) is 2.01. The van der Waals surface area contributed by atoms with Gasteiger partial charge in [-0.2, -0.15) is 0 Å². The van der Waals surface area contributed by atoms with Crippen molar-refractivity contribution in [3.8, 4) is 0 Å². The molecule has 104 valence electrons. The van der Waals surface area contributed by atoms with Crippen LogP contribution in [0.4, 0.5) is 0 Å². The predicted octanol–water partition coefficient (Wildman–Crippen LogP) is 0.504. The molecule has 0 aromatic carbocycles. The summed E-state index contributed by atoms with van der Waals surface area (Å²) in [5.41, 5.74) is 0. The minimum Gasteiger partial charge on any atom is -0.481 e. The first-order chi connectivity index (χ1) is 8.68. The zero-order valence-corrected chi connectivity index (χ0v) is 11.2. The number of hydrogen-bond donors (Lipinski definition) is 1. The fourth-order valence-corrected chi connectivity index (χ4v) is 2.86. The van der Waals surface area contributed by atoms with E-state index in [-0.39, 0.29) is 12.0 Å². The molecule has 0 radical (unpaired) electrons. The molecule has 5 nitrogen and oxygen atoms in total. The first kappa shape index (κ1) is 13.8. The van der Waals surface area contributed by atoms with Crippen molar-refractivity contribution >= 4 is 5.97 Å². The number of likely N-dealkylation sites (tertiary alicyclic amines) is 1. The first-order valence-corrected chi connectivity index (χ1v) is 6.91. The van der Waals surface area contributed by atoms with E-state index >= 15 is 0 Å². The number of likely N-dealkylation sites (N-methyl/N-ethyl adjacent to an activating group) is 1. The van der Waals surface area contributed by atoms with E-state index in [9.17, 15) is 4.79 Å².